The molecule has 0 aliphatic heterocycles. The van der Waals surface area contributed by atoms with Crippen molar-refractivity contribution < 1.29 is 48.0 Å². The number of aliphatic hydroxyl groups excluding tert-OH is 2. The summed E-state index contributed by atoms with van der Waals surface area (Å²) in [4.78, 5) is 40.9. The second-order valence-corrected chi connectivity index (χ2v) is 11.8. The number of Topliss-reactive ketones (excluding diaryl/α,β-unsaturated/α-hetero) is 2. The summed E-state index contributed by atoms with van der Waals surface area (Å²) in [6.07, 6.45) is -4.42. The molecule has 0 radical (unpaired) electrons. The minimum Gasteiger partial charge on any atom is -0.508 e. The molecule has 0 bridgehead atoms. The molecular formula is C31H33F3N4O7. The van der Waals surface area contributed by atoms with Gasteiger partial charge in [0.1, 0.15) is 22.8 Å². The van der Waals surface area contributed by atoms with E-state index in [0.29, 0.717) is 27.9 Å². The Morgan fingerprint density at radius 3 is 2.40 bits per heavy atom. The van der Waals surface area contributed by atoms with Crippen LogP contribution in [0, 0.1) is 11.8 Å². The van der Waals surface area contributed by atoms with Crippen molar-refractivity contribution in [2.45, 2.75) is 37.2 Å². The highest BCUT2D eigenvalue weighted by atomic mass is 19.4. The molecule has 2 aromatic rings. The van der Waals surface area contributed by atoms with Gasteiger partial charge in [-0.25, -0.2) is 0 Å². The Morgan fingerprint density at radius 1 is 1.11 bits per heavy atom. The van der Waals surface area contributed by atoms with Gasteiger partial charge in [0.05, 0.1) is 18.2 Å². The molecule has 14 heteroatoms. The van der Waals surface area contributed by atoms with Crippen molar-refractivity contribution in [3.8, 4) is 16.9 Å². The lowest BCUT2D eigenvalue weighted by molar-refractivity contribution is -0.153. The third-order valence-corrected chi connectivity index (χ3v) is 8.90. The number of benzene rings is 2. The van der Waals surface area contributed by atoms with Gasteiger partial charge in [-0.05, 0) is 67.7 Å². The maximum atomic E-state index is 14.0. The summed E-state index contributed by atoms with van der Waals surface area (Å²) >= 11 is 0. The number of nitrogens with one attached hydrogen (secondary N) is 2. The SMILES string of the molecule is CNc1ccc(CNCC(F)(F)F)cc1-c1ccc(O)c2c1C[C@H]1C[C@H]3[C@H](N(C)C)C(=O)C(C(N)=O)=C(O)[C@@]3(O)C(=O)C1=C2O. The van der Waals surface area contributed by atoms with Crippen molar-refractivity contribution >= 4 is 28.9 Å². The first-order valence-corrected chi connectivity index (χ1v) is 14.1. The Balaban J connectivity index is 1.66. The van der Waals surface area contributed by atoms with E-state index in [9.17, 15) is 48.0 Å². The van der Waals surface area contributed by atoms with E-state index in [1.54, 1.807) is 31.3 Å². The van der Waals surface area contributed by atoms with E-state index in [-0.39, 0.29) is 36.3 Å². The molecule has 4 atom stereocenters. The second-order valence-electron chi connectivity index (χ2n) is 11.8. The summed E-state index contributed by atoms with van der Waals surface area (Å²) < 4.78 is 38.2. The van der Waals surface area contributed by atoms with Crippen LogP contribution in [0.4, 0.5) is 18.9 Å². The number of carbonyl (C=O) groups is 3. The van der Waals surface area contributed by atoms with Crippen molar-refractivity contribution in [1.82, 2.24) is 10.2 Å². The van der Waals surface area contributed by atoms with Gasteiger partial charge in [0.25, 0.3) is 5.91 Å². The Labute approximate surface area is 255 Å². The fourth-order valence-electron chi connectivity index (χ4n) is 6.99. The number of hydrogen-bond acceptors (Lipinski definition) is 10. The molecule has 1 fully saturated rings. The second kappa shape index (κ2) is 11.2. The van der Waals surface area contributed by atoms with Gasteiger partial charge in [-0.1, -0.05) is 12.1 Å². The van der Waals surface area contributed by atoms with Gasteiger partial charge in [-0.2, -0.15) is 13.2 Å². The number of nitrogens with two attached hydrogens (primary N) is 1. The number of alkyl halides is 3. The maximum Gasteiger partial charge on any atom is 0.401 e. The van der Waals surface area contributed by atoms with E-state index in [1.807, 2.05) is 0 Å². The number of halogens is 3. The number of aliphatic hydroxyl groups is 3. The van der Waals surface area contributed by atoms with Gasteiger partial charge in [0, 0.05) is 36.3 Å². The number of hydrogen-bond donors (Lipinski definition) is 7. The maximum absolute atomic E-state index is 14.0. The molecule has 3 aliphatic rings. The van der Waals surface area contributed by atoms with E-state index in [4.69, 9.17) is 5.73 Å². The third kappa shape index (κ3) is 5.12. The van der Waals surface area contributed by atoms with Crippen LogP contribution in [0.3, 0.4) is 0 Å². The highest BCUT2D eigenvalue weighted by Gasteiger charge is 2.64. The summed E-state index contributed by atoms with van der Waals surface area (Å²) in [6.45, 7) is -1.27. The number of phenols is 1. The Bertz CT molecular complexity index is 1680. The van der Waals surface area contributed by atoms with Crippen LogP contribution in [0.1, 0.15) is 23.1 Å². The summed E-state index contributed by atoms with van der Waals surface area (Å²) in [5, 5.41) is 50.6. The van der Waals surface area contributed by atoms with Crippen LogP contribution in [0.25, 0.3) is 16.9 Å². The van der Waals surface area contributed by atoms with E-state index in [0.717, 1.165) is 0 Å². The first-order valence-electron chi connectivity index (χ1n) is 14.1. The smallest absolute Gasteiger partial charge is 0.401 e. The number of likely N-dealkylation sites (N-methyl/N-ethyl adjacent to an activating group) is 1. The zero-order valence-corrected chi connectivity index (χ0v) is 24.6. The molecule has 1 saturated carbocycles. The molecule has 0 unspecified atom stereocenters. The molecular weight excluding hydrogens is 597 g/mol. The van der Waals surface area contributed by atoms with Gasteiger partial charge >= 0.3 is 6.18 Å². The average molecular weight is 631 g/mol. The van der Waals surface area contributed by atoms with Crippen molar-refractivity contribution in [3.05, 3.63) is 63.9 Å². The monoisotopic (exact) mass is 630 g/mol. The number of rotatable bonds is 7. The average Bonchev–Trinajstić information content (AvgIpc) is 2.94. The lowest BCUT2D eigenvalue weighted by atomic mass is 9.57. The standard InChI is InChI=1S/C31H33F3N4O7/c1-36-19-6-4-13(11-37-12-30(32,33)34)8-16(19)15-5-7-20(39)22-17(15)9-14-10-18-24(38(2)3)26(41)23(29(35)44)28(43)31(18,45)27(42)21(14)25(22)40/h4-8,14,18,24,36-37,39-40,43,45H,9-12H2,1-3H3,(H2,35,44)/t14-,18-,24-,31-/m0/s1. The quantitative estimate of drug-likeness (QED) is 0.224. The van der Waals surface area contributed by atoms with Crippen molar-refractivity contribution in [3.63, 3.8) is 0 Å². The van der Waals surface area contributed by atoms with E-state index in [1.165, 1.54) is 25.1 Å². The molecule has 2 aromatic carbocycles. The lowest BCUT2D eigenvalue weighted by Gasteiger charge is -2.50. The molecule has 0 spiro atoms. The first-order chi connectivity index (χ1) is 21.0. The van der Waals surface area contributed by atoms with Gasteiger partial charge in [0.2, 0.25) is 5.78 Å². The molecule has 3 aliphatic carbocycles. The molecule has 0 saturated heterocycles. The Morgan fingerprint density at radius 2 is 1.80 bits per heavy atom. The molecule has 11 nitrogen and oxygen atoms in total. The van der Waals surface area contributed by atoms with Crippen LogP contribution < -0.4 is 16.4 Å². The van der Waals surface area contributed by atoms with Crippen LogP contribution >= 0.6 is 0 Å². The van der Waals surface area contributed by atoms with Crippen LogP contribution in [0.5, 0.6) is 5.75 Å². The van der Waals surface area contributed by atoms with Crippen molar-refractivity contribution in [2.75, 3.05) is 33.0 Å². The molecule has 1 amide bonds. The lowest BCUT2D eigenvalue weighted by Crippen LogP contribution is -2.65. The number of aromatic hydroxyl groups is 1. The predicted molar refractivity (Wildman–Crippen MR) is 157 cm³/mol. The first kappa shape index (κ1) is 32.0. The molecule has 240 valence electrons. The summed E-state index contributed by atoms with van der Waals surface area (Å²) in [5.41, 5.74) is 3.97. The van der Waals surface area contributed by atoms with E-state index in [2.05, 4.69) is 10.6 Å². The summed E-state index contributed by atoms with van der Waals surface area (Å²) in [7, 11) is 4.68. The van der Waals surface area contributed by atoms with Crippen molar-refractivity contribution in [1.29, 1.82) is 0 Å². The van der Waals surface area contributed by atoms with E-state index >= 15 is 0 Å². The molecule has 0 aromatic heterocycles. The molecule has 8 N–H and O–H groups in total. The van der Waals surface area contributed by atoms with Crippen LogP contribution in [-0.4, -0.2) is 88.3 Å². The van der Waals surface area contributed by atoms with E-state index < -0.39 is 70.8 Å². The third-order valence-electron chi connectivity index (χ3n) is 8.90. The number of ketones is 2. The normalized spacial score (nSPS) is 24.8. The number of nitrogens with zero attached hydrogens (tertiary/aromatic N) is 1. The zero-order valence-electron chi connectivity index (χ0n) is 24.6. The number of fused-ring (bicyclic) bond motifs is 3. The minimum atomic E-state index is -4.39. The number of anilines is 1. The summed E-state index contributed by atoms with van der Waals surface area (Å²) in [5.74, 6) is -7.51. The van der Waals surface area contributed by atoms with Gasteiger partial charge < -0.3 is 36.8 Å². The highest BCUT2D eigenvalue weighted by molar-refractivity contribution is 6.24. The molecule has 5 rings (SSSR count). The topological polar surface area (TPSA) is 185 Å². The number of primary amides is 1. The fourth-order valence-corrected chi connectivity index (χ4v) is 6.99. The van der Waals surface area contributed by atoms with Crippen LogP contribution in [0.2, 0.25) is 0 Å². The molecule has 0 heterocycles. The number of amides is 1. The van der Waals surface area contributed by atoms with Crippen LogP contribution in [-0.2, 0) is 27.3 Å². The van der Waals surface area contributed by atoms with Crippen LogP contribution in [0.15, 0.2) is 47.2 Å². The minimum absolute atomic E-state index is 0.0535. The van der Waals surface area contributed by atoms with Crippen molar-refractivity contribution in [2.24, 2.45) is 17.6 Å². The highest BCUT2D eigenvalue weighted by Crippen LogP contribution is 2.54. The predicted octanol–water partition coefficient (Wildman–Crippen LogP) is 2.32. The van der Waals surface area contributed by atoms with Gasteiger partial charge in [0.15, 0.2) is 11.4 Å². The number of carbonyl (C=O) groups excluding carboxylic acids is 3. The zero-order chi connectivity index (χ0) is 33.2. The number of phenolic OH excluding ortho intramolecular Hbond substituents is 1. The Kier molecular flexibility index (Phi) is 7.96. The summed E-state index contributed by atoms with van der Waals surface area (Å²) in [6, 6.07) is 6.70. The van der Waals surface area contributed by atoms with Gasteiger partial charge in [-0.15, -0.1) is 0 Å². The molecule has 45 heavy (non-hydrogen) atoms. The van der Waals surface area contributed by atoms with Gasteiger partial charge in [-0.3, -0.25) is 19.3 Å². The largest absolute Gasteiger partial charge is 0.508 e. The fraction of sp³-hybridized carbons (Fsp3) is 0.387. The Hall–Kier alpha value is -4.40.